The number of aromatic nitrogens is 2. The molecule has 0 fully saturated rings. The summed E-state index contributed by atoms with van der Waals surface area (Å²) in [6.45, 7) is 3.93. The van der Waals surface area contributed by atoms with Crippen molar-refractivity contribution in [2.75, 3.05) is 5.32 Å². The number of aryl methyl sites for hydroxylation is 2. The van der Waals surface area contributed by atoms with Crippen molar-refractivity contribution in [1.82, 2.24) is 15.1 Å². The predicted octanol–water partition coefficient (Wildman–Crippen LogP) is 1.42. The van der Waals surface area contributed by atoms with Gasteiger partial charge in [0.15, 0.2) is 5.11 Å². The number of hydrogen-bond donors (Lipinski definition) is 3. The lowest BCUT2D eigenvalue weighted by Crippen LogP contribution is -2.31. The van der Waals surface area contributed by atoms with Gasteiger partial charge in [-0.25, -0.2) is 13.6 Å². The van der Waals surface area contributed by atoms with E-state index in [0.717, 1.165) is 11.3 Å². The van der Waals surface area contributed by atoms with Crippen molar-refractivity contribution in [3.05, 3.63) is 41.7 Å². The normalized spacial score (nSPS) is 12.7. The number of thiocarbonyl (C=S) groups is 1. The first-order valence-corrected chi connectivity index (χ1v) is 8.83. The highest BCUT2D eigenvalue weighted by atomic mass is 32.2. The maximum Gasteiger partial charge on any atom is 0.238 e. The van der Waals surface area contributed by atoms with Crippen molar-refractivity contribution in [1.29, 1.82) is 0 Å². The summed E-state index contributed by atoms with van der Waals surface area (Å²) >= 11 is 5.28. The number of nitrogens with one attached hydrogen (secondary N) is 2. The Morgan fingerprint density at radius 2 is 1.96 bits per heavy atom. The van der Waals surface area contributed by atoms with Crippen LogP contribution in [0.1, 0.15) is 24.2 Å². The SMILES string of the molecule is Cc1nn(C)cc1[C@@H](C)NC(=S)Nc1ccc(S(N)(=O)=O)cc1. The zero-order valence-electron chi connectivity index (χ0n) is 13.1. The number of nitrogens with zero attached hydrogens (tertiary/aromatic N) is 2. The quantitative estimate of drug-likeness (QED) is 0.719. The van der Waals surface area contributed by atoms with E-state index in [1.807, 2.05) is 27.1 Å². The summed E-state index contributed by atoms with van der Waals surface area (Å²) in [5.74, 6) is 0. The zero-order valence-corrected chi connectivity index (χ0v) is 14.7. The Morgan fingerprint density at radius 1 is 1.35 bits per heavy atom. The van der Waals surface area contributed by atoms with Crippen LogP contribution >= 0.6 is 12.2 Å². The van der Waals surface area contributed by atoms with Crippen LogP contribution in [0, 0.1) is 6.92 Å². The van der Waals surface area contributed by atoms with Gasteiger partial charge in [-0.15, -0.1) is 0 Å². The summed E-state index contributed by atoms with van der Waals surface area (Å²) in [5.41, 5.74) is 2.67. The molecule has 0 aliphatic rings. The molecule has 0 spiro atoms. The number of sulfonamides is 1. The third-order valence-corrected chi connectivity index (χ3v) is 4.46. The highest BCUT2D eigenvalue weighted by Crippen LogP contribution is 2.16. The molecule has 1 heterocycles. The predicted molar refractivity (Wildman–Crippen MR) is 93.5 cm³/mol. The standard InChI is InChI=1S/C14H19N5O2S2/c1-9(13-8-19(3)18-10(13)2)16-14(22)17-11-4-6-12(7-5-11)23(15,20)21/h4-9H,1-3H3,(H2,15,20,21)(H2,16,17,22)/t9-/m1/s1. The molecule has 1 atom stereocenters. The summed E-state index contributed by atoms with van der Waals surface area (Å²) in [7, 11) is -1.82. The molecule has 0 saturated carbocycles. The van der Waals surface area contributed by atoms with E-state index >= 15 is 0 Å². The van der Waals surface area contributed by atoms with Gasteiger partial charge in [-0.05, 0) is 50.3 Å². The van der Waals surface area contributed by atoms with Gasteiger partial charge in [0.25, 0.3) is 0 Å². The maximum absolute atomic E-state index is 11.2. The van der Waals surface area contributed by atoms with E-state index in [1.54, 1.807) is 16.8 Å². The molecule has 9 heteroatoms. The molecule has 124 valence electrons. The summed E-state index contributed by atoms with van der Waals surface area (Å²) in [6, 6.07) is 6.05. The van der Waals surface area contributed by atoms with Gasteiger partial charge in [0.05, 0.1) is 16.6 Å². The lowest BCUT2D eigenvalue weighted by molar-refractivity contribution is 0.598. The molecule has 0 saturated heterocycles. The van der Waals surface area contributed by atoms with Crippen LogP contribution in [-0.4, -0.2) is 23.3 Å². The van der Waals surface area contributed by atoms with E-state index in [4.69, 9.17) is 17.4 Å². The Bertz CT molecular complexity index is 812. The molecular weight excluding hydrogens is 334 g/mol. The molecule has 1 aromatic carbocycles. The second-order valence-electron chi connectivity index (χ2n) is 5.23. The van der Waals surface area contributed by atoms with E-state index in [1.165, 1.54) is 12.1 Å². The topological polar surface area (TPSA) is 102 Å². The molecule has 0 amide bonds. The van der Waals surface area contributed by atoms with E-state index < -0.39 is 10.0 Å². The van der Waals surface area contributed by atoms with Gasteiger partial charge in [-0.2, -0.15) is 5.10 Å². The van der Waals surface area contributed by atoms with Crippen molar-refractivity contribution in [2.45, 2.75) is 24.8 Å². The van der Waals surface area contributed by atoms with Crippen LogP contribution in [0.4, 0.5) is 5.69 Å². The van der Waals surface area contributed by atoms with Gasteiger partial charge in [-0.1, -0.05) is 0 Å². The van der Waals surface area contributed by atoms with Crippen molar-refractivity contribution in [2.24, 2.45) is 12.2 Å². The third-order valence-electron chi connectivity index (χ3n) is 3.31. The largest absolute Gasteiger partial charge is 0.356 e. The van der Waals surface area contributed by atoms with Crippen LogP contribution in [0.2, 0.25) is 0 Å². The van der Waals surface area contributed by atoms with E-state index in [-0.39, 0.29) is 10.9 Å². The molecule has 23 heavy (non-hydrogen) atoms. The minimum absolute atomic E-state index is 0.00704. The van der Waals surface area contributed by atoms with Crippen molar-refractivity contribution in [3.63, 3.8) is 0 Å². The summed E-state index contributed by atoms with van der Waals surface area (Å²) in [4.78, 5) is 0.0567. The summed E-state index contributed by atoms with van der Waals surface area (Å²) < 4.78 is 24.2. The number of anilines is 1. The average molecular weight is 353 g/mol. The first-order chi connectivity index (χ1) is 10.7. The highest BCUT2D eigenvalue weighted by Gasteiger charge is 2.13. The lowest BCUT2D eigenvalue weighted by atomic mass is 10.1. The Hall–Kier alpha value is -1.97. The van der Waals surface area contributed by atoms with Gasteiger partial charge in [0.2, 0.25) is 10.0 Å². The van der Waals surface area contributed by atoms with Crippen molar-refractivity contribution < 1.29 is 8.42 Å². The van der Waals surface area contributed by atoms with Crippen LogP contribution in [0.25, 0.3) is 0 Å². The van der Waals surface area contributed by atoms with Crippen LogP contribution in [0.5, 0.6) is 0 Å². The first-order valence-electron chi connectivity index (χ1n) is 6.87. The molecule has 4 N–H and O–H groups in total. The fraction of sp³-hybridized carbons (Fsp3) is 0.286. The van der Waals surface area contributed by atoms with E-state index in [2.05, 4.69) is 15.7 Å². The molecule has 2 rings (SSSR count). The molecule has 0 aliphatic heterocycles. The van der Waals surface area contributed by atoms with Gasteiger partial charge < -0.3 is 10.6 Å². The van der Waals surface area contributed by atoms with Gasteiger partial charge >= 0.3 is 0 Å². The number of benzene rings is 1. The minimum atomic E-state index is -3.69. The highest BCUT2D eigenvalue weighted by molar-refractivity contribution is 7.89. The second-order valence-corrected chi connectivity index (χ2v) is 7.20. The molecule has 2 aromatic rings. The van der Waals surface area contributed by atoms with Crippen LogP contribution in [0.15, 0.2) is 35.4 Å². The van der Waals surface area contributed by atoms with Gasteiger partial charge in [-0.3, -0.25) is 4.68 Å². The van der Waals surface area contributed by atoms with E-state index in [9.17, 15) is 8.42 Å². The molecule has 7 nitrogen and oxygen atoms in total. The molecule has 0 bridgehead atoms. The van der Waals surface area contributed by atoms with Crippen molar-refractivity contribution in [3.8, 4) is 0 Å². The Kier molecular flexibility index (Phi) is 5.03. The molecule has 0 radical (unpaired) electrons. The first kappa shape index (κ1) is 17.4. The number of rotatable bonds is 4. The fourth-order valence-corrected chi connectivity index (χ4v) is 3.02. The molecular formula is C14H19N5O2S2. The maximum atomic E-state index is 11.2. The Balaban J connectivity index is 2.01. The molecule has 0 unspecified atom stereocenters. The van der Waals surface area contributed by atoms with Crippen LogP contribution < -0.4 is 15.8 Å². The molecule has 0 aliphatic carbocycles. The van der Waals surface area contributed by atoms with Gasteiger partial charge in [0.1, 0.15) is 0 Å². The number of nitrogens with two attached hydrogens (primary N) is 1. The number of hydrogen-bond acceptors (Lipinski definition) is 4. The number of primary sulfonamides is 1. The van der Waals surface area contributed by atoms with Crippen molar-refractivity contribution >= 4 is 33.0 Å². The Labute approximate surface area is 140 Å². The second kappa shape index (κ2) is 6.65. The molecule has 1 aromatic heterocycles. The average Bonchev–Trinajstić information content (AvgIpc) is 2.77. The summed E-state index contributed by atoms with van der Waals surface area (Å²) in [5, 5.41) is 16.0. The van der Waals surface area contributed by atoms with E-state index in [0.29, 0.717) is 10.8 Å². The Morgan fingerprint density at radius 3 is 2.43 bits per heavy atom. The third kappa shape index (κ3) is 4.50. The smallest absolute Gasteiger partial charge is 0.238 e. The van der Waals surface area contributed by atoms with Gasteiger partial charge in [0, 0.05) is 24.5 Å². The zero-order chi connectivity index (χ0) is 17.2. The lowest BCUT2D eigenvalue weighted by Gasteiger charge is -2.16. The van der Waals surface area contributed by atoms with Crippen LogP contribution in [0.3, 0.4) is 0 Å². The summed E-state index contributed by atoms with van der Waals surface area (Å²) in [6.07, 6.45) is 1.94. The fourth-order valence-electron chi connectivity index (χ4n) is 2.21. The van der Waals surface area contributed by atoms with Crippen LogP contribution in [-0.2, 0) is 17.1 Å². The monoisotopic (exact) mass is 353 g/mol. The minimum Gasteiger partial charge on any atom is -0.356 e.